The molecule has 2 amide bonds. The lowest BCUT2D eigenvalue weighted by atomic mass is 10.3. The van der Waals surface area contributed by atoms with Crippen LogP contribution >= 0.6 is 0 Å². The molecule has 1 aromatic rings. The van der Waals surface area contributed by atoms with Gasteiger partial charge in [-0.05, 0) is 13.8 Å². The number of carbonyl (C=O) groups is 2. The molecule has 6 nitrogen and oxygen atoms in total. The maximum atomic E-state index is 11.7. The molecule has 0 aliphatic rings. The van der Waals surface area contributed by atoms with Crippen molar-refractivity contribution in [3.8, 4) is 0 Å². The minimum absolute atomic E-state index is 0.0412. The van der Waals surface area contributed by atoms with Gasteiger partial charge in [-0.3, -0.25) is 14.6 Å². The molecule has 0 aliphatic heterocycles. The molecule has 1 heterocycles. The van der Waals surface area contributed by atoms with Crippen LogP contribution in [-0.2, 0) is 4.79 Å². The van der Waals surface area contributed by atoms with Gasteiger partial charge in [0.25, 0.3) is 5.91 Å². The summed E-state index contributed by atoms with van der Waals surface area (Å²) in [6.07, 6.45) is 4.64. The van der Waals surface area contributed by atoms with Crippen LogP contribution in [0.3, 0.4) is 0 Å². The number of amides is 2. The first-order valence-electron chi connectivity index (χ1n) is 6.01. The summed E-state index contributed by atoms with van der Waals surface area (Å²) in [4.78, 5) is 32.7. The second-order valence-electron chi connectivity index (χ2n) is 3.66. The Bertz CT molecular complexity index is 390. The lowest BCUT2D eigenvalue weighted by Crippen LogP contribution is -2.34. The van der Waals surface area contributed by atoms with Gasteiger partial charge in [0.05, 0.1) is 6.20 Å². The highest BCUT2D eigenvalue weighted by atomic mass is 16.2. The lowest BCUT2D eigenvalue weighted by Gasteiger charge is -2.18. The number of carbonyl (C=O) groups excluding carboxylic acids is 2. The Morgan fingerprint density at radius 1 is 1.28 bits per heavy atom. The third-order valence-corrected chi connectivity index (χ3v) is 2.54. The Morgan fingerprint density at radius 3 is 2.56 bits per heavy atom. The Kier molecular flexibility index (Phi) is 5.76. The smallest absolute Gasteiger partial charge is 0.271 e. The molecule has 6 heteroatoms. The quantitative estimate of drug-likeness (QED) is 0.796. The number of nitrogens with zero attached hydrogens (tertiary/aromatic N) is 3. The van der Waals surface area contributed by atoms with Crippen LogP contribution in [0.25, 0.3) is 0 Å². The molecule has 0 spiro atoms. The van der Waals surface area contributed by atoms with Gasteiger partial charge in [-0.2, -0.15) is 0 Å². The minimum atomic E-state index is -0.310. The van der Waals surface area contributed by atoms with E-state index in [1.54, 1.807) is 4.90 Å². The zero-order chi connectivity index (χ0) is 13.4. The summed E-state index contributed by atoms with van der Waals surface area (Å²) < 4.78 is 0. The molecule has 0 aromatic carbocycles. The highest BCUT2D eigenvalue weighted by Crippen LogP contribution is 1.94. The Balaban J connectivity index is 2.34. The lowest BCUT2D eigenvalue weighted by molar-refractivity contribution is -0.130. The second-order valence-corrected chi connectivity index (χ2v) is 3.66. The van der Waals surface area contributed by atoms with Crippen molar-refractivity contribution < 1.29 is 9.59 Å². The van der Waals surface area contributed by atoms with Gasteiger partial charge >= 0.3 is 0 Å². The van der Waals surface area contributed by atoms with E-state index in [1.807, 2.05) is 13.8 Å². The number of nitrogens with one attached hydrogen (secondary N) is 1. The first-order valence-corrected chi connectivity index (χ1v) is 6.01. The summed E-state index contributed by atoms with van der Waals surface area (Å²) in [5, 5.41) is 2.64. The number of hydrogen-bond acceptors (Lipinski definition) is 4. The van der Waals surface area contributed by atoms with Crippen LogP contribution in [0.5, 0.6) is 0 Å². The van der Waals surface area contributed by atoms with Crippen molar-refractivity contribution in [2.75, 3.05) is 19.6 Å². The molecular weight excluding hydrogens is 232 g/mol. The zero-order valence-electron chi connectivity index (χ0n) is 10.7. The van der Waals surface area contributed by atoms with Crippen molar-refractivity contribution in [3.05, 3.63) is 24.3 Å². The molecule has 0 aliphatic carbocycles. The fraction of sp³-hybridized carbons (Fsp3) is 0.500. The van der Waals surface area contributed by atoms with Crippen molar-refractivity contribution in [1.82, 2.24) is 20.2 Å². The summed E-state index contributed by atoms with van der Waals surface area (Å²) in [5.41, 5.74) is 0.257. The normalized spacial score (nSPS) is 9.89. The molecule has 0 saturated heterocycles. The topological polar surface area (TPSA) is 75.2 Å². The van der Waals surface area contributed by atoms with Crippen molar-refractivity contribution in [3.63, 3.8) is 0 Å². The SMILES string of the molecule is CCN(CC)C(=O)CCNC(=O)c1cnccn1. The molecule has 0 bridgehead atoms. The van der Waals surface area contributed by atoms with Crippen LogP contribution in [0, 0.1) is 0 Å². The Hall–Kier alpha value is -1.98. The highest BCUT2D eigenvalue weighted by molar-refractivity contribution is 5.92. The fourth-order valence-corrected chi connectivity index (χ4v) is 1.52. The van der Waals surface area contributed by atoms with Crippen LogP contribution in [0.15, 0.2) is 18.6 Å². The van der Waals surface area contributed by atoms with E-state index >= 15 is 0 Å². The van der Waals surface area contributed by atoms with Gasteiger partial charge in [0.2, 0.25) is 5.91 Å². The second kappa shape index (κ2) is 7.37. The predicted molar refractivity (Wildman–Crippen MR) is 66.9 cm³/mol. The van der Waals surface area contributed by atoms with E-state index in [9.17, 15) is 9.59 Å². The molecule has 18 heavy (non-hydrogen) atoms. The molecule has 0 atom stereocenters. The predicted octanol–water partition coefficient (Wildman–Crippen LogP) is 0.465. The molecule has 98 valence electrons. The van der Waals surface area contributed by atoms with Gasteiger partial charge < -0.3 is 10.2 Å². The fourth-order valence-electron chi connectivity index (χ4n) is 1.52. The largest absolute Gasteiger partial charge is 0.350 e. The minimum Gasteiger partial charge on any atom is -0.350 e. The van der Waals surface area contributed by atoms with Crippen molar-refractivity contribution >= 4 is 11.8 Å². The summed E-state index contributed by atoms with van der Waals surface area (Å²) in [7, 11) is 0. The van der Waals surface area contributed by atoms with E-state index in [2.05, 4.69) is 15.3 Å². The van der Waals surface area contributed by atoms with Gasteiger partial charge in [-0.15, -0.1) is 0 Å². The molecule has 0 radical (unpaired) electrons. The monoisotopic (exact) mass is 250 g/mol. The third-order valence-electron chi connectivity index (χ3n) is 2.54. The van der Waals surface area contributed by atoms with Crippen LogP contribution in [0.4, 0.5) is 0 Å². The Morgan fingerprint density at radius 2 is 2.00 bits per heavy atom. The first-order chi connectivity index (χ1) is 8.69. The average molecular weight is 250 g/mol. The van der Waals surface area contributed by atoms with Crippen molar-refractivity contribution in [2.24, 2.45) is 0 Å². The van der Waals surface area contributed by atoms with Crippen LogP contribution < -0.4 is 5.32 Å². The molecular formula is C12H18N4O2. The maximum Gasteiger partial charge on any atom is 0.271 e. The number of rotatable bonds is 6. The van der Waals surface area contributed by atoms with E-state index in [1.165, 1.54) is 18.6 Å². The maximum absolute atomic E-state index is 11.7. The summed E-state index contributed by atoms with van der Waals surface area (Å²) >= 11 is 0. The van der Waals surface area contributed by atoms with Crippen LogP contribution in [0.1, 0.15) is 30.8 Å². The van der Waals surface area contributed by atoms with Crippen LogP contribution in [-0.4, -0.2) is 46.3 Å². The molecule has 1 aromatic heterocycles. The zero-order valence-corrected chi connectivity index (χ0v) is 10.7. The molecule has 1 rings (SSSR count). The summed E-state index contributed by atoms with van der Waals surface area (Å²) in [6, 6.07) is 0. The van der Waals surface area contributed by atoms with Gasteiger partial charge in [0.1, 0.15) is 5.69 Å². The van der Waals surface area contributed by atoms with E-state index in [4.69, 9.17) is 0 Å². The molecule has 0 fully saturated rings. The van der Waals surface area contributed by atoms with Gasteiger partial charge in [0.15, 0.2) is 0 Å². The highest BCUT2D eigenvalue weighted by Gasteiger charge is 2.11. The summed E-state index contributed by atoms with van der Waals surface area (Å²) in [6.45, 7) is 5.55. The molecule has 1 N–H and O–H groups in total. The van der Waals surface area contributed by atoms with E-state index in [0.717, 1.165) is 0 Å². The average Bonchev–Trinajstić information content (AvgIpc) is 2.41. The van der Waals surface area contributed by atoms with E-state index in [-0.39, 0.29) is 17.5 Å². The van der Waals surface area contributed by atoms with Gasteiger partial charge in [-0.1, -0.05) is 0 Å². The van der Waals surface area contributed by atoms with Gasteiger partial charge in [0, 0.05) is 38.4 Å². The number of hydrogen-bond donors (Lipinski definition) is 1. The third kappa shape index (κ3) is 4.12. The Labute approximate surface area is 106 Å². The molecule has 0 saturated carbocycles. The molecule has 0 unspecified atom stereocenters. The van der Waals surface area contributed by atoms with E-state index in [0.29, 0.717) is 26.1 Å². The number of aromatic nitrogens is 2. The van der Waals surface area contributed by atoms with E-state index < -0.39 is 0 Å². The first kappa shape index (κ1) is 14.1. The van der Waals surface area contributed by atoms with Crippen LogP contribution in [0.2, 0.25) is 0 Å². The van der Waals surface area contributed by atoms with Crippen molar-refractivity contribution in [1.29, 1.82) is 0 Å². The van der Waals surface area contributed by atoms with Crippen molar-refractivity contribution in [2.45, 2.75) is 20.3 Å². The standard InChI is InChI=1S/C12H18N4O2/c1-3-16(4-2)11(17)5-6-15-12(18)10-9-13-7-8-14-10/h7-9H,3-6H2,1-2H3,(H,15,18). The summed E-state index contributed by atoms with van der Waals surface area (Å²) in [5.74, 6) is -0.269. The van der Waals surface area contributed by atoms with Gasteiger partial charge in [-0.25, -0.2) is 4.98 Å².